The number of Topliss-reactive ketones (excluding diaryl/α,β-unsaturated/α-hetero) is 1. The minimum absolute atomic E-state index is 0.0679. The quantitative estimate of drug-likeness (QED) is 0.334. The fourth-order valence-corrected chi connectivity index (χ4v) is 1.74. The number of aliphatic hydroxyl groups excluding tert-OH is 1. The number of nitrogens with one attached hydrogen (secondary N) is 2. The third-order valence-electron chi connectivity index (χ3n) is 2.57. The molecule has 0 aromatic rings. The second-order valence-electron chi connectivity index (χ2n) is 4.37. The molecule has 3 N–H and O–H groups in total. The molecule has 0 rings (SSSR count). The van der Waals surface area contributed by atoms with E-state index in [1.807, 2.05) is 0 Å². The zero-order valence-electron chi connectivity index (χ0n) is 12.7. The van der Waals surface area contributed by atoms with Gasteiger partial charge in [-0.3, -0.25) is 14.4 Å². The largest absolute Gasteiger partial charge is 0.394 e. The van der Waals surface area contributed by atoms with Gasteiger partial charge in [0.25, 0.3) is 5.91 Å². The molecule has 0 bridgehead atoms. The molecule has 0 unspecified atom stereocenters. The molecule has 0 aliphatic rings. The van der Waals surface area contributed by atoms with Crippen molar-refractivity contribution in [3.05, 3.63) is 10.6 Å². The molecule has 0 atom stereocenters. The van der Waals surface area contributed by atoms with Crippen molar-refractivity contribution in [1.82, 2.24) is 10.6 Å². The van der Waals surface area contributed by atoms with Gasteiger partial charge in [-0.05, 0) is 22.4 Å². The lowest BCUT2D eigenvalue weighted by molar-refractivity contribution is -0.119. The van der Waals surface area contributed by atoms with Crippen molar-refractivity contribution >= 4 is 33.5 Å². The Hall–Kier alpha value is -1.25. The van der Waals surface area contributed by atoms with Crippen LogP contribution in [0.2, 0.25) is 0 Å². The summed E-state index contributed by atoms with van der Waals surface area (Å²) in [6.45, 7) is 2.90. The molecule has 0 aromatic heterocycles. The normalized spacial score (nSPS) is 11.1. The van der Waals surface area contributed by atoms with E-state index in [1.54, 1.807) is 6.92 Å². The Bertz CT molecular complexity index is 399. The molecule has 0 radical (unpaired) electrons. The van der Waals surface area contributed by atoms with Gasteiger partial charge >= 0.3 is 0 Å². The summed E-state index contributed by atoms with van der Waals surface area (Å²) in [7, 11) is 0. The summed E-state index contributed by atoms with van der Waals surface area (Å²) in [5.74, 6) is -0.667. The van der Waals surface area contributed by atoms with Gasteiger partial charge in [0.15, 0.2) is 0 Å². The number of rotatable bonds is 12. The number of carbonyl (C=O) groups is 3. The summed E-state index contributed by atoms with van der Waals surface area (Å²) < 4.78 is 5.09. The van der Waals surface area contributed by atoms with E-state index in [0.717, 1.165) is 6.08 Å². The molecule has 22 heavy (non-hydrogen) atoms. The molecule has 8 heteroatoms. The van der Waals surface area contributed by atoms with Crippen LogP contribution in [0.25, 0.3) is 0 Å². The van der Waals surface area contributed by atoms with Gasteiger partial charge in [0.05, 0.1) is 24.3 Å². The van der Waals surface area contributed by atoms with Crippen LogP contribution in [0.15, 0.2) is 10.6 Å². The topological polar surface area (TPSA) is 105 Å². The van der Waals surface area contributed by atoms with Crippen molar-refractivity contribution in [3.8, 4) is 0 Å². The molecular formula is C14H23BrN2O5. The first kappa shape index (κ1) is 20.8. The lowest BCUT2D eigenvalue weighted by Gasteiger charge is -2.05. The highest BCUT2D eigenvalue weighted by Gasteiger charge is 2.08. The minimum atomic E-state index is -0.427. The average molecular weight is 379 g/mol. The Morgan fingerprint density at radius 2 is 1.91 bits per heavy atom. The molecule has 7 nitrogen and oxygen atoms in total. The van der Waals surface area contributed by atoms with E-state index < -0.39 is 11.8 Å². The van der Waals surface area contributed by atoms with Gasteiger partial charge in [0.2, 0.25) is 5.91 Å². The predicted octanol–water partition coefficient (Wildman–Crippen LogP) is 0.266. The molecule has 0 saturated heterocycles. The van der Waals surface area contributed by atoms with E-state index in [0.29, 0.717) is 25.8 Å². The van der Waals surface area contributed by atoms with Crippen LogP contribution < -0.4 is 10.6 Å². The Morgan fingerprint density at radius 1 is 1.18 bits per heavy atom. The van der Waals surface area contributed by atoms with Gasteiger partial charge in [0.1, 0.15) is 5.78 Å². The first-order chi connectivity index (χ1) is 10.5. The number of ketones is 1. The molecule has 0 saturated carbocycles. The zero-order chi connectivity index (χ0) is 16.8. The van der Waals surface area contributed by atoms with Gasteiger partial charge in [-0.25, -0.2) is 0 Å². The fourth-order valence-electron chi connectivity index (χ4n) is 1.39. The third kappa shape index (κ3) is 11.4. The highest BCUT2D eigenvalue weighted by molar-refractivity contribution is 9.12. The van der Waals surface area contributed by atoms with Crippen LogP contribution in [-0.2, 0) is 19.1 Å². The van der Waals surface area contributed by atoms with Crippen LogP contribution in [0.3, 0.4) is 0 Å². The van der Waals surface area contributed by atoms with Gasteiger partial charge in [-0.15, -0.1) is 0 Å². The van der Waals surface area contributed by atoms with E-state index in [9.17, 15) is 14.4 Å². The lowest BCUT2D eigenvalue weighted by Crippen LogP contribution is -2.29. The Balaban J connectivity index is 3.89. The maximum atomic E-state index is 11.6. The Kier molecular flexibility index (Phi) is 12.7. The summed E-state index contributed by atoms with van der Waals surface area (Å²) in [6, 6.07) is 0. The van der Waals surface area contributed by atoms with E-state index in [4.69, 9.17) is 9.84 Å². The van der Waals surface area contributed by atoms with E-state index in [2.05, 4.69) is 26.6 Å². The number of hydrogen-bond donors (Lipinski definition) is 3. The number of amides is 2. The van der Waals surface area contributed by atoms with Crippen LogP contribution in [0.1, 0.15) is 26.2 Å². The monoisotopic (exact) mass is 378 g/mol. The van der Waals surface area contributed by atoms with Crippen LogP contribution in [0.4, 0.5) is 0 Å². The standard InChI is InChI=1S/C14H23BrN2O5/c1-2-11(19)4-3-5-16-13(20)10-12(15)14(21)17-6-8-22-9-7-18/h10,18H,2-9H2,1H3,(H,16,20)(H,17,21)/b12-10+. The third-order valence-corrected chi connectivity index (χ3v) is 3.16. The highest BCUT2D eigenvalue weighted by Crippen LogP contribution is 2.04. The SMILES string of the molecule is CCC(=O)CCCNC(=O)/C=C(/Br)C(=O)NCCOCCO. The second kappa shape index (κ2) is 13.4. The van der Waals surface area contributed by atoms with Gasteiger partial charge in [-0.2, -0.15) is 0 Å². The summed E-state index contributed by atoms with van der Waals surface area (Å²) >= 11 is 3.02. The molecule has 0 fully saturated rings. The van der Waals surface area contributed by atoms with Crippen LogP contribution in [0, 0.1) is 0 Å². The predicted molar refractivity (Wildman–Crippen MR) is 85.5 cm³/mol. The van der Waals surface area contributed by atoms with Crippen molar-refractivity contribution in [2.24, 2.45) is 0 Å². The Labute approximate surface area is 138 Å². The number of hydrogen-bond acceptors (Lipinski definition) is 5. The summed E-state index contributed by atoms with van der Waals surface area (Å²) in [5, 5.41) is 13.7. The van der Waals surface area contributed by atoms with E-state index >= 15 is 0 Å². The maximum Gasteiger partial charge on any atom is 0.258 e. The van der Waals surface area contributed by atoms with E-state index in [-0.39, 0.29) is 36.6 Å². The first-order valence-electron chi connectivity index (χ1n) is 7.14. The van der Waals surface area contributed by atoms with Gasteiger partial charge in [0, 0.05) is 32.0 Å². The number of ether oxygens (including phenoxy) is 1. The minimum Gasteiger partial charge on any atom is -0.394 e. The molecule has 0 aromatic carbocycles. The number of carbonyl (C=O) groups excluding carboxylic acids is 3. The maximum absolute atomic E-state index is 11.6. The van der Waals surface area contributed by atoms with Crippen molar-refractivity contribution < 1.29 is 24.2 Å². The number of halogens is 1. The lowest BCUT2D eigenvalue weighted by atomic mass is 10.2. The van der Waals surface area contributed by atoms with Gasteiger partial charge in [-0.1, -0.05) is 6.92 Å². The van der Waals surface area contributed by atoms with Crippen molar-refractivity contribution in [3.63, 3.8) is 0 Å². The smallest absolute Gasteiger partial charge is 0.258 e. The van der Waals surface area contributed by atoms with E-state index in [1.165, 1.54) is 0 Å². The summed E-state index contributed by atoms with van der Waals surface area (Å²) in [6.07, 6.45) is 2.67. The van der Waals surface area contributed by atoms with Crippen molar-refractivity contribution in [2.75, 3.05) is 32.9 Å². The van der Waals surface area contributed by atoms with Crippen LogP contribution in [0.5, 0.6) is 0 Å². The molecule has 0 aliphatic carbocycles. The average Bonchev–Trinajstić information content (AvgIpc) is 2.50. The highest BCUT2D eigenvalue weighted by atomic mass is 79.9. The molecule has 0 aliphatic heterocycles. The molecule has 126 valence electrons. The summed E-state index contributed by atoms with van der Waals surface area (Å²) in [4.78, 5) is 34.2. The molecule has 0 heterocycles. The zero-order valence-corrected chi connectivity index (χ0v) is 14.3. The summed E-state index contributed by atoms with van der Waals surface area (Å²) in [5.41, 5.74) is 0. The molecule has 0 spiro atoms. The first-order valence-corrected chi connectivity index (χ1v) is 7.94. The number of aliphatic hydroxyl groups is 1. The van der Waals surface area contributed by atoms with Crippen LogP contribution >= 0.6 is 15.9 Å². The van der Waals surface area contributed by atoms with Crippen molar-refractivity contribution in [2.45, 2.75) is 26.2 Å². The molecular weight excluding hydrogens is 356 g/mol. The van der Waals surface area contributed by atoms with Gasteiger partial charge < -0.3 is 20.5 Å². The molecule has 2 amide bonds. The Morgan fingerprint density at radius 3 is 2.55 bits per heavy atom. The van der Waals surface area contributed by atoms with Crippen molar-refractivity contribution in [1.29, 1.82) is 0 Å². The second-order valence-corrected chi connectivity index (χ2v) is 5.23. The fraction of sp³-hybridized carbons (Fsp3) is 0.643. The van der Waals surface area contributed by atoms with Crippen LogP contribution in [-0.4, -0.2) is 55.6 Å².